The summed E-state index contributed by atoms with van der Waals surface area (Å²) in [4.78, 5) is 5.75. The van der Waals surface area contributed by atoms with E-state index < -0.39 is 0 Å². The van der Waals surface area contributed by atoms with Crippen LogP contribution < -0.4 is 5.32 Å². The average molecular weight is 344 g/mol. The van der Waals surface area contributed by atoms with Crippen LogP contribution in [0.5, 0.6) is 0 Å². The molecule has 0 saturated carbocycles. The Labute approximate surface area is 145 Å². The van der Waals surface area contributed by atoms with Gasteiger partial charge >= 0.3 is 0 Å². The first-order valence-electron chi connectivity index (χ1n) is 7.32. The second-order valence-corrected chi connectivity index (χ2v) is 6.55. The van der Waals surface area contributed by atoms with Gasteiger partial charge in [0.1, 0.15) is 0 Å². The van der Waals surface area contributed by atoms with E-state index in [4.69, 9.17) is 11.6 Å². The number of anilines is 1. The minimum atomic E-state index is 0.739. The second kappa shape index (κ2) is 7.11. The molecule has 0 unspecified atom stereocenters. The van der Waals surface area contributed by atoms with Crippen LogP contribution in [0.4, 0.5) is 5.95 Å². The summed E-state index contributed by atoms with van der Waals surface area (Å²) >= 11 is 7.70. The Morgan fingerprint density at radius 1 is 1.09 bits per heavy atom. The number of rotatable bonds is 5. The Kier molecular flexibility index (Phi) is 4.94. The summed E-state index contributed by atoms with van der Waals surface area (Å²) in [7, 11) is 2.01. The lowest BCUT2D eigenvalue weighted by Crippen LogP contribution is -2.05. The summed E-state index contributed by atoms with van der Waals surface area (Å²) in [6, 6.07) is 16.4. The third-order valence-corrected chi connectivity index (χ3v) is 4.73. The zero-order valence-electron chi connectivity index (χ0n) is 13.1. The first-order chi connectivity index (χ1) is 11.2. The highest BCUT2D eigenvalue weighted by molar-refractivity contribution is 7.98. The van der Waals surface area contributed by atoms with Crippen LogP contribution in [0.1, 0.15) is 5.56 Å². The van der Waals surface area contributed by atoms with Crippen LogP contribution in [-0.2, 0) is 13.6 Å². The number of imidazole rings is 1. The van der Waals surface area contributed by atoms with Crippen molar-refractivity contribution in [3.8, 4) is 11.3 Å². The van der Waals surface area contributed by atoms with Crippen molar-refractivity contribution in [3.05, 3.63) is 65.3 Å². The van der Waals surface area contributed by atoms with E-state index in [1.807, 2.05) is 37.5 Å². The van der Waals surface area contributed by atoms with E-state index in [1.54, 1.807) is 11.8 Å². The van der Waals surface area contributed by atoms with Crippen molar-refractivity contribution in [3.63, 3.8) is 0 Å². The lowest BCUT2D eigenvalue weighted by Gasteiger charge is -2.09. The Hall–Kier alpha value is -1.91. The van der Waals surface area contributed by atoms with Crippen molar-refractivity contribution in [2.75, 3.05) is 11.6 Å². The molecular weight excluding hydrogens is 326 g/mol. The van der Waals surface area contributed by atoms with Crippen LogP contribution in [-0.4, -0.2) is 15.8 Å². The molecule has 3 aromatic rings. The largest absolute Gasteiger partial charge is 0.352 e. The first-order valence-corrected chi connectivity index (χ1v) is 8.92. The average Bonchev–Trinajstić information content (AvgIpc) is 2.95. The minimum Gasteiger partial charge on any atom is -0.352 e. The van der Waals surface area contributed by atoms with Crippen LogP contribution in [0.25, 0.3) is 11.3 Å². The van der Waals surface area contributed by atoms with Crippen LogP contribution in [0.15, 0.2) is 59.6 Å². The maximum atomic E-state index is 5.95. The zero-order valence-corrected chi connectivity index (χ0v) is 14.7. The van der Waals surface area contributed by atoms with Gasteiger partial charge in [0.05, 0.1) is 11.9 Å². The number of benzene rings is 2. The monoisotopic (exact) mass is 343 g/mol. The second-order valence-electron chi connectivity index (χ2n) is 5.23. The molecule has 0 saturated heterocycles. The molecule has 1 aromatic heterocycles. The molecule has 3 nitrogen and oxygen atoms in total. The van der Waals surface area contributed by atoms with Crippen molar-refractivity contribution >= 4 is 29.3 Å². The van der Waals surface area contributed by atoms with Gasteiger partial charge in [0.2, 0.25) is 5.95 Å². The lowest BCUT2D eigenvalue weighted by molar-refractivity contribution is 0.906. The summed E-state index contributed by atoms with van der Waals surface area (Å²) in [6.07, 6.45) is 3.96. The predicted molar refractivity (Wildman–Crippen MR) is 99.2 cm³/mol. The molecule has 1 heterocycles. The van der Waals surface area contributed by atoms with Gasteiger partial charge < -0.3 is 9.88 Å². The smallest absolute Gasteiger partial charge is 0.203 e. The fraction of sp³-hybridized carbons (Fsp3) is 0.167. The minimum absolute atomic E-state index is 0.739. The first kappa shape index (κ1) is 16.0. The molecule has 2 aromatic carbocycles. The number of nitrogens with zero attached hydrogens (tertiary/aromatic N) is 2. The molecular formula is C18H18ClN3S. The zero-order chi connectivity index (χ0) is 16.2. The molecule has 0 spiro atoms. The van der Waals surface area contributed by atoms with Gasteiger partial charge in [0.25, 0.3) is 0 Å². The van der Waals surface area contributed by atoms with Crippen LogP contribution in [0.3, 0.4) is 0 Å². The lowest BCUT2D eigenvalue weighted by atomic mass is 10.2. The van der Waals surface area contributed by atoms with E-state index in [9.17, 15) is 0 Å². The summed E-state index contributed by atoms with van der Waals surface area (Å²) in [6.45, 7) is 0.750. The number of thioether (sulfide) groups is 1. The third-order valence-electron chi connectivity index (χ3n) is 3.74. The summed E-state index contributed by atoms with van der Waals surface area (Å²) in [5.41, 5.74) is 3.39. The fourth-order valence-electron chi connectivity index (χ4n) is 2.39. The maximum absolute atomic E-state index is 5.95. The van der Waals surface area contributed by atoms with Crippen molar-refractivity contribution in [1.29, 1.82) is 0 Å². The standard InChI is InChI=1S/C18H18ClN3S/c1-22-17(14-5-7-15(19)8-6-14)12-21-18(22)20-11-13-3-9-16(23-2)10-4-13/h3-10,12H,11H2,1-2H3,(H,20,21). The molecule has 3 rings (SSSR count). The van der Waals surface area contributed by atoms with Gasteiger partial charge in [-0.1, -0.05) is 35.9 Å². The van der Waals surface area contributed by atoms with Crippen LogP contribution >= 0.6 is 23.4 Å². The predicted octanol–water partition coefficient (Wildman–Crippen LogP) is 5.07. The number of nitrogens with one attached hydrogen (secondary N) is 1. The van der Waals surface area contributed by atoms with Gasteiger partial charge in [-0.3, -0.25) is 0 Å². The molecule has 23 heavy (non-hydrogen) atoms. The number of aromatic nitrogens is 2. The highest BCUT2D eigenvalue weighted by Gasteiger charge is 2.08. The van der Waals surface area contributed by atoms with E-state index in [0.717, 1.165) is 28.8 Å². The summed E-state index contributed by atoms with van der Waals surface area (Å²) < 4.78 is 2.06. The molecule has 1 N–H and O–H groups in total. The fourth-order valence-corrected chi connectivity index (χ4v) is 2.92. The van der Waals surface area contributed by atoms with Gasteiger partial charge in [0, 0.05) is 23.5 Å². The molecule has 0 amide bonds. The van der Waals surface area contributed by atoms with Crippen molar-refractivity contribution in [2.45, 2.75) is 11.4 Å². The normalized spacial score (nSPS) is 10.7. The molecule has 5 heteroatoms. The van der Waals surface area contributed by atoms with Crippen LogP contribution in [0.2, 0.25) is 5.02 Å². The van der Waals surface area contributed by atoms with Gasteiger partial charge in [-0.25, -0.2) is 4.98 Å². The topological polar surface area (TPSA) is 29.9 Å². The number of hydrogen-bond donors (Lipinski definition) is 1. The van der Waals surface area contributed by atoms with Gasteiger partial charge in [-0.15, -0.1) is 11.8 Å². The molecule has 0 aliphatic heterocycles. The Balaban J connectivity index is 1.72. The van der Waals surface area contributed by atoms with Crippen LogP contribution in [0, 0.1) is 0 Å². The number of hydrogen-bond acceptors (Lipinski definition) is 3. The molecule has 118 valence electrons. The molecule has 0 aliphatic rings. The molecule has 0 aliphatic carbocycles. The third kappa shape index (κ3) is 3.71. The Bertz CT molecular complexity index is 779. The van der Waals surface area contributed by atoms with E-state index in [0.29, 0.717) is 0 Å². The van der Waals surface area contributed by atoms with E-state index >= 15 is 0 Å². The van der Waals surface area contributed by atoms with Crippen molar-refractivity contribution < 1.29 is 0 Å². The maximum Gasteiger partial charge on any atom is 0.203 e. The van der Waals surface area contributed by atoms with E-state index in [1.165, 1.54) is 10.5 Å². The quantitative estimate of drug-likeness (QED) is 0.655. The molecule has 0 radical (unpaired) electrons. The SMILES string of the molecule is CSc1ccc(CNc2ncc(-c3ccc(Cl)cc3)n2C)cc1. The van der Waals surface area contributed by atoms with Gasteiger partial charge in [-0.05, 0) is 41.6 Å². The Morgan fingerprint density at radius 3 is 2.43 bits per heavy atom. The van der Waals surface area contributed by atoms with E-state index in [-0.39, 0.29) is 0 Å². The van der Waals surface area contributed by atoms with Gasteiger partial charge in [0.15, 0.2) is 0 Å². The molecule has 0 fully saturated rings. The summed E-state index contributed by atoms with van der Waals surface area (Å²) in [5, 5.41) is 4.13. The Morgan fingerprint density at radius 2 is 1.78 bits per heavy atom. The van der Waals surface area contributed by atoms with E-state index in [2.05, 4.69) is 45.4 Å². The van der Waals surface area contributed by atoms with Gasteiger partial charge in [-0.2, -0.15) is 0 Å². The highest BCUT2D eigenvalue weighted by atomic mass is 35.5. The number of halogens is 1. The van der Waals surface area contributed by atoms with Crippen molar-refractivity contribution in [1.82, 2.24) is 9.55 Å². The highest BCUT2D eigenvalue weighted by Crippen LogP contribution is 2.24. The summed E-state index contributed by atoms with van der Waals surface area (Å²) in [5.74, 6) is 0.851. The van der Waals surface area contributed by atoms with Crippen molar-refractivity contribution in [2.24, 2.45) is 7.05 Å². The molecule has 0 atom stereocenters. The molecule has 0 bridgehead atoms.